The highest BCUT2D eigenvalue weighted by Crippen LogP contribution is 2.41. The maximum Gasteiger partial charge on any atom is 0.281 e. The van der Waals surface area contributed by atoms with Crippen LogP contribution in [0.3, 0.4) is 0 Å². The quantitative estimate of drug-likeness (QED) is 0.777. The molecule has 0 aromatic heterocycles. The van der Waals surface area contributed by atoms with Gasteiger partial charge in [-0.05, 0) is 24.3 Å². The Morgan fingerprint density at radius 3 is 2.48 bits per heavy atom. The van der Waals surface area contributed by atoms with Gasteiger partial charge in [-0.2, -0.15) is 0 Å². The number of ether oxygens (including phenoxy) is 2. The smallest absolute Gasteiger partial charge is 0.281 e. The minimum absolute atomic E-state index is 0.0555. The van der Waals surface area contributed by atoms with Crippen molar-refractivity contribution in [3.63, 3.8) is 0 Å². The molecule has 138 valence electrons. The van der Waals surface area contributed by atoms with Gasteiger partial charge in [0.15, 0.2) is 11.5 Å². The topological polar surface area (TPSA) is 77.4 Å². The van der Waals surface area contributed by atoms with Gasteiger partial charge in [0.2, 0.25) is 11.5 Å². The van der Waals surface area contributed by atoms with Crippen molar-refractivity contribution in [3.05, 3.63) is 54.1 Å². The number of hydrogen-bond acceptors (Lipinski definition) is 6. The highest BCUT2D eigenvalue weighted by Gasteiger charge is 2.58. The molecule has 2 aromatic rings. The van der Waals surface area contributed by atoms with E-state index >= 15 is 0 Å². The van der Waals surface area contributed by atoms with E-state index in [1.807, 2.05) is 18.2 Å². The Bertz CT molecular complexity index is 941. The molecule has 0 saturated carbocycles. The number of rotatable bonds is 4. The zero-order valence-electron chi connectivity index (χ0n) is 15.0. The SMILES string of the molecule is COc1cccc(C2=NO[C@@]3(CC(=O)N(c4ccccc4)C3=O)C2)c1OC. The van der Waals surface area contributed by atoms with Gasteiger partial charge in [-0.3, -0.25) is 9.59 Å². The van der Waals surface area contributed by atoms with Crippen molar-refractivity contribution in [2.24, 2.45) is 5.16 Å². The number of oxime groups is 1. The van der Waals surface area contributed by atoms with Crippen LogP contribution in [0.2, 0.25) is 0 Å². The largest absolute Gasteiger partial charge is 0.493 e. The van der Waals surface area contributed by atoms with E-state index < -0.39 is 11.5 Å². The summed E-state index contributed by atoms with van der Waals surface area (Å²) in [5, 5.41) is 4.12. The average molecular weight is 366 g/mol. The minimum Gasteiger partial charge on any atom is -0.493 e. The zero-order valence-corrected chi connectivity index (χ0v) is 15.0. The van der Waals surface area contributed by atoms with Gasteiger partial charge in [0.25, 0.3) is 5.91 Å². The molecule has 2 aliphatic rings. The molecule has 2 heterocycles. The van der Waals surface area contributed by atoms with Gasteiger partial charge in [0, 0.05) is 12.0 Å². The normalized spacial score (nSPS) is 21.4. The van der Waals surface area contributed by atoms with Gasteiger partial charge in [0.05, 0.1) is 32.0 Å². The van der Waals surface area contributed by atoms with Gasteiger partial charge in [-0.1, -0.05) is 29.4 Å². The summed E-state index contributed by atoms with van der Waals surface area (Å²) in [5.74, 6) is 0.356. The van der Waals surface area contributed by atoms with Gasteiger partial charge in [0.1, 0.15) is 0 Å². The summed E-state index contributed by atoms with van der Waals surface area (Å²) in [6, 6.07) is 14.2. The molecule has 4 rings (SSSR count). The highest BCUT2D eigenvalue weighted by molar-refractivity contribution is 6.26. The van der Waals surface area contributed by atoms with Gasteiger partial charge in [-0.15, -0.1) is 0 Å². The summed E-state index contributed by atoms with van der Waals surface area (Å²) in [6.07, 6.45) is 0.129. The first-order valence-electron chi connectivity index (χ1n) is 8.48. The molecule has 1 spiro atoms. The summed E-state index contributed by atoms with van der Waals surface area (Å²) >= 11 is 0. The lowest BCUT2D eigenvalue weighted by molar-refractivity contribution is -0.136. The zero-order chi connectivity index (χ0) is 19.0. The number of amides is 2. The lowest BCUT2D eigenvalue weighted by Crippen LogP contribution is -2.40. The van der Waals surface area contributed by atoms with Crippen LogP contribution in [0, 0.1) is 0 Å². The lowest BCUT2D eigenvalue weighted by Gasteiger charge is -2.19. The van der Waals surface area contributed by atoms with E-state index in [-0.39, 0.29) is 18.7 Å². The van der Waals surface area contributed by atoms with Crippen molar-refractivity contribution in [1.82, 2.24) is 0 Å². The fraction of sp³-hybridized carbons (Fsp3) is 0.250. The van der Waals surface area contributed by atoms with Crippen LogP contribution >= 0.6 is 0 Å². The molecule has 2 aromatic carbocycles. The summed E-state index contributed by atoms with van der Waals surface area (Å²) in [7, 11) is 3.09. The number of para-hydroxylation sites is 2. The Hall–Kier alpha value is -3.35. The van der Waals surface area contributed by atoms with Crippen LogP contribution in [0.1, 0.15) is 18.4 Å². The Balaban J connectivity index is 1.65. The average Bonchev–Trinajstić information content (AvgIpc) is 3.23. The van der Waals surface area contributed by atoms with E-state index in [4.69, 9.17) is 14.3 Å². The second kappa shape index (κ2) is 6.42. The molecule has 1 fully saturated rings. The van der Waals surface area contributed by atoms with Gasteiger partial charge < -0.3 is 14.3 Å². The van der Waals surface area contributed by atoms with E-state index in [0.29, 0.717) is 28.5 Å². The molecule has 27 heavy (non-hydrogen) atoms. The fourth-order valence-electron chi connectivity index (χ4n) is 3.50. The Morgan fingerprint density at radius 1 is 1.00 bits per heavy atom. The fourth-order valence-corrected chi connectivity index (χ4v) is 3.50. The summed E-state index contributed by atoms with van der Waals surface area (Å²) in [6.45, 7) is 0. The van der Waals surface area contributed by atoms with Crippen molar-refractivity contribution in [2.75, 3.05) is 19.1 Å². The third kappa shape index (κ3) is 2.63. The van der Waals surface area contributed by atoms with E-state index in [2.05, 4.69) is 5.16 Å². The van der Waals surface area contributed by atoms with Crippen molar-refractivity contribution in [1.29, 1.82) is 0 Å². The molecule has 0 radical (unpaired) electrons. The second-order valence-electron chi connectivity index (χ2n) is 6.39. The number of benzene rings is 2. The lowest BCUT2D eigenvalue weighted by atomic mass is 9.92. The molecule has 7 nitrogen and oxygen atoms in total. The van der Waals surface area contributed by atoms with E-state index in [1.165, 1.54) is 12.0 Å². The third-order valence-corrected chi connectivity index (χ3v) is 4.79. The maximum atomic E-state index is 13.0. The molecule has 1 saturated heterocycles. The van der Waals surface area contributed by atoms with E-state index in [0.717, 1.165) is 0 Å². The molecule has 7 heteroatoms. The van der Waals surface area contributed by atoms with Crippen molar-refractivity contribution < 1.29 is 23.9 Å². The second-order valence-corrected chi connectivity index (χ2v) is 6.39. The predicted octanol–water partition coefficient (Wildman–Crippen LogP) is 2.53. The van der Waals surface area contributed by atoms with Crippen LogP contribution in [0.25, 0.3) is 0 Å². The van der Waals surface area contributed by atoms with Crippen LogP contribution in [-0.4, -0.2) is 37.3 Å². The molecule has 1 atom stereocenters. The molecule has 0 unspecified atom stereocenters. The maximum absolute atomic E-state index is 13.0. The number of carbonyl (C=O) groups excluding carboxylic acids is 2. The molecule has 2 amide bonds. The van der Waals surface area contributed by atoms with Crippen LogP contribution in [0.15, 0.2) is 53.7 Å². The van der Waals surface area contributed by atoms with Crippen molar-refractivity contribution in [2.45, 2.75) is 18.4 Å². The van der Waals surface area contributed by atoms with Crippen molar-refractivity contribution >= 4 is 23.2 Å². The Morgan fingerprint density at radius 2 is 1.78 bits per heavy atom. The number of anilines is 1. The van der Waals surface area contributed by atoms with Crippen molar-refractivity contribution in [3.8, 4) is 11.5 Å². The summed E-state index contributed by atoms with van der Waals surface area (Å²) < 4.78 is 10.8. The van der Waals surface area contributed by atoms with Crippen LogP contribution in [-0.2, 0) is 14.4 Å². The Labute approximate surface area is 156 Å². The highest BCUT2D eigenvalue weighted by atomic mass is 16.7. The number of methoxy groups -OCH3 is 2. The number of nitrogens with zero attached hydrogens (tertiary/aromatic N) is 2. The molecular weight excluding hydrogens is 348 g/mol. The van der Waals surface area contributed by atoms with Gasteiger partial charge >= 0.3 is 0 Å². The molecular formula is C20H18N2O5. The standard InChI is InChI=1S/C20H18N2O5/c1-25-16-10-6-9-14(18(16)26-2)15-11-20(27-21-15)12-17(23)22(19(20)24)13-7-4-3-5-8-13/h3-10H,11-12H2,1-2H3/t20-/m1/s1. The molecule has 2 aliphatic heterocycles. The molecule has 0 N–H and O–H groups in total. The third-order valence-electron chi connectivity index (χ3n) is 4.79. The molecule has 0 aliphatic carbocycles. The van der Waals surface area contributed by atoms with Gasteiger partial charge in [-0.25, -0.2) is 4.90 Å². The first kappa shape index (κ1) is 17.1. The van der Waals surface area contributed by atoms with E-state index in [9.17, 15) is 9.59 Å². The Kier molecular flexibility index (Phi) is 4.07. The predicted molar refractivity (Wildman–Crippen MR) is 98.1 cm³/mol. The minimum atomic E-state index is -1.31. The number of hydrogen-bond donors (Lipinski definition) is 0. The first-order chi connectivity index (χ1) is 13.1. The van der Waals surface area contributed by atoms with Crippen LogP contribution in [0.5, 0.6) is 11.5 Å². The van der Waals surface area contributed by atoms with Crippen LogP contribution < -0.4 is 14.4 Å². The van der Waals surface area contributed by atoms with E-state index in [1.54, 1.807) is 37.4 Å². The first-order valence-corrected chi connectivity index (χ1v) is 8.48. The monoisotopic (exact) mass is 366 g/mol. The van der Waals surface area contributed by atoms with Crippen LogP contribution in [0.4, 0.5) is 5.69 Å². The number of imide groups is 1. The molecule has 0 bridgehead atoms. The number of carbonyl (C=O) groups is 2. The summed E-state index contributed by atoms with van der Waals surface area (Å²) in [5.41, 5.74) is 0.436. The summed E-state index contributed by atoms with van der Waals surface area (Å²) in [4.78, 5) is 32.3.